The second kappa shape index (κ2) is 5.59. The molecule has 0 unspecified atom stereocenters. The van der Waals surface area contributed by atoms with Crippen molar-refractivity contribution in [1.82, 2.24) is 4.90 Å². The predicted molar refractivity (Wildman–Crippen MR) is 72.1 cm³/mol. The van der Waals surface area contributed by atoms with E-state index >= 15 is 0 Å². The molecule has 0 aliphatic carbocycles. The molecule has 7 heteroatoms. The molecule has 1 aromatic rings. The summed E-state index contributed by atoms with van der Waals surface area (Å²) in [5.74, 6) is 0.380. The number of nitro benzene ring substituents is 1. The van der Waals surface area contributed by atoms with Gasteiger partial charge in [0.15, 0.2) is 0 Å². The number of nitrogens with zero attached hydrogens (tertiary/aromatic N) is 3. The van der Waals surface area contributed by atoms with Gasteiger partial charge in [0.2, 0.25) is 0 Å². The molecule has 0 radical (unpaired) electrons. The number of hydrogen-bond acceptors (Lipinski definition) is 6. The number of non-ortho nitro benzene ring substituents is 1. The fraction of sp³-hybridized carbons (Fsp3) is 0.308. The summed E-state index contributed by atoms with van der Waals surface area (Å²) in [5.41, 5.74) is 7.71. The van der Waals surface area contributed by atoms with Crippen LogP contribution in [-0.4, -0.2) is 30.1 Å². The van der Waals surface area contributed by atoms with Crippen LogP contribution in [0.2, 0.25) is 0 Å². The van der Waals surface area contributed by atoms with E-state index in [1.807, 2.05) is 0 Å². The van der Waals surface area contributed by atoms with Gasteiger partial charge in [-0.15, -0.1) is 0 Å². The van der Waals surface area contributed by atoms with Gasteiger partial charge in [-0.25, -0.2) is 0 Å². The van der Waals surface area contributed by atoms with Gasteiger partial charge >= 0.3 is 0 Å². The van der Waals surface area contributed by atoms with Crippen molar-refractivity contribution in [3.8, 4) is 6.07 Å². The zero-order chi connectivity index (χ0) is 14.7. The molecule has 0 fully saturated rings. The Hall–Kier alpha value is -2.59. The molecule has 0 spiro atoms. The van der Waals surface area contributed by atoms with Gasteiger partial charge in [-0.1, -0.05) is 0 Å². The van der Waals surface area contributed by atoms with Crippen LogP contribution in [0.15, 0.2) is 24.0 Å². The summed E-state index contributed by atoms with van der Waals surface area (Å²) in [4.78, 5) is 12.2. The second-order valence-electron chi connectivity index (χ2n) is 4.38. The van der Waals surface area contributed by atoms with Crippen molar-refractivity contribution < 1.29 is 9.66 Å². The summed E-state index contributed by atoms with van der Waals surface area (Å²) in [6, 6.07) is 6.51. The third-order valence-corrected chi connectivity index (χ3v) is 3.20. The number of nitrogens with two attached hydrogens (primary N) is 1. The maximum absolute atomic E-state index is 10.8. The average molecular weight is 274 g/mol. The molecule has 0 aromatic heterocycles. The first-order valence-corrected chi connectivity index (χ1v) is 6.00. The quantitative estimate of drug-likeness (QED) is 0.653. The van der Waals surface area contributed by atoms with Gasteiger partial charge in [0.1, 0.15) is 11.9 Å². The van der Waals surface area contributed by atoms with Crippen molar-refractivity contribution in [2.24, 2.45) is 5.73 Å². The molecule has 0 bridgehead atoms. The molecular formula is C13H14N4O3. The number of ether oxygens (including phenoxy) is 1. The van der Waals surface area contributed by atoms with Gasteiger partial charge in [0.05, 0.1) is 17.1 Å². The van der Waals surface area contributed by atoms with Crippen molar-refractivity contribution in [3.63, 3.8) is 0 Å². The molecule has 0 saturated carbocycles. The van der Waals surface area contributed by atoms with Crippen molar-refractivity contribution in [3.05, 3.63) is 45.3 Å². The van der Waals surface area contributed by atoms with Crippen LogP contribution in [0.3, 0.4) is 0 Å². The van der Waals surface area contributed by atoms with Crippen LogP contribution in [0.1, 0.15) is 11.1 Å². The summed E-state index contributed by atoms with van der Waals surface area (Å²) in [6.07, 6.45) is 0. The fourth-order valence-corrected chi connectivity index (χ4v) is 2.17. The fourth-order valence-electron chi connectivity index (χ4n) is 2.17. The van der Waals surface area contributed by atoms with Gasteiger partial charge in [-0.2, -0.15) is 5.26 Å². The first-order valence-electron chi connectivity index (χ1n) is 6.00. The normalized spacial score (nSPS) is 13.9. The Balaban J connectivity index is 2.45. The summed E-state index contributed by atoms with van der Waals surface area (Å²) in [6.45, 7) is 1.41. The van der Waals surface area contributed by atoms with Gasteiger partial charge < -0.3 is 15.4 Å². The van der Waals surface area contributed by atoms with Crippen molar-refractivity contribution in [2.75, 3.05) is 20.3 Å². The Kier molecular flexibility index (Phi) is 3.86. The highest BCUT2D eigenvalue weighted by atomic mass is 16.6. The standard InChI is InChI=1S/C13H14N4O3/c1-20-5-4-16-8-9-6-10(17(18)19)2-3-11(9)12(7-14)13(16)15/h2-3,6H,4-5,8,15H2,1H3. The van der Waals surface area contributed by atoms with E-state index in [4.69, 9.17) is 10.5 Å². The first-order chi connectivity index (χ1) is 9.58. The van der Waals surface area contributed by atoms with Crippen LogP contribution in [0.25, 0.3) is 5.57 Å². The van der Waals surface area contributed by atoms with Gasteiger partial charge in [0.25, 0.3) is 5.69 Å². The number of allylic oxidation sites excluding steroid dienone is 1. The maximum atomic E-state index is 10.8. The smallest absolute Gasteiger partial charge is 0.269 e. The molecule has 1 aliphatic rings. The van der Waals surface area contributed by atoms with Gasteiger partial charge in [0, 0.05) is 37.9 Å². The molecule has 0 amide bonds. The molecule has 2 rings (SSSR count). The largest absolute Gasteiger partial charge is 0.384 e. The molecule has 1 aliphatic heterocycles. The van der Waals surface area contributed by atoms with Crippen molar-refractivity contribution >= 4 is 11.3 Å². The van der Waals surface area contributed by atoms with Crippen LogP contribution in [-0.2, 0) is 11.3 Å². The molecule has 7 nitrogen and oxygen atoms in total. The highest BCUT2D eigenvalue weighted by molar-refractivity contribution is 5.82. The van der Waals surface area contributed by atoms with E-state index in [0.717, 1.165) is 5.56 Å². The number of nitriles is 1. The maximum Gasteiger partial charge on any atom is 0.269 e. The molecule has 0 saturated heterocycles. The number of benzene rings is 1. The molecule has 20 heavy (non-hydrogen) atoms. The van der Waals surface area contributed by atoms with E-state index < -0.39 is 4.92 Å². The number of rotatable bonds is 4. The zero-order valence-corrected chi connectivity index (χ0v) is 11.0. The van der Waals surface area contributed by atoms with Crippen molar-refractivity contribution in [1.29, 1.82) is 5.26 Å². The summed E-state index contributed by atoms with van der Waals surface area (Å²) in [5, 5.41) is 20.1. The molecule has 0 atom stereocenters. The van der Waals surface area contributed by atoms with E-state index in [-0.39, 0.29) is 5.69 Å². The minimum absolute atomic E-state index is 0.00760. The third kappa shape index (κ3) is 2.41. The van der Waals surface area contributed by atoms with Crippen molar-refractivity contribution in [2.45, 2.75) is 6.54 Å². The second-order valence-corrected chi connectivity index (χ2v) is 4.38. The highest BCUT2D eigenvalue weighted by Crippen LogP contribution is 2.31. The molecule has 2 N–H and O–H groups in total. The van der Waals surface area contributed by atoms with E-state index in [2.05, 4.69) is 6.07 Å². The Morgan fingerprint density at radius 2 is 2.35 bits per heavy atom. The third-order valence-electron chi connectivity index (χ3n) is 3.20. The van der Waals surface area contributed by atoms with E-state index in [0.29, 0.717) is 36.7 Å². The Bertz CT molecular complexity index is 619. The SMILES string of the molecule is COCCN1Cc2cc([N+](=O)[O-])ccc2C(C#N)=C1N. The zero-order valence-electron chi connectivity index (χ0n) is 11.0. The van der Waals surface area contributed by atoms with E-state index in [1.54, 1.807) is 18.1 Å². The lowest BCUT2D eigenvalue weighted by atomic mass is 9.96. The van der Waals surface area contributed by atoms with Gasteiger partial charge in [-0.05, 0) is 11.6 Å². The Morgan fingerprint density at radius 3 is 2.95 bits per heavy atom. The summed E-state index contributed by atoms with van der Waals surface area (Å²) >= 11 is 0. The highest BCUT2D eigenvalue weighted by Gasteiger charge is 2.24. The Labute approximate surface area is 116 Å². The number of methoxy groups -OCH3 is 1. The van der Waals surface area contributed by atoms with Crippen LogP contribution in [0.5, 0.6) is 0 Å². The lowest BCUT2D eigenvalue weighted by Gasteiger charge is -2.30. The Morgan fingerprint density at radius 1 is 1.60 bits per heavy atom. The molecule has 1 heterocycles. The first kappa shape index (κ1) is 13.8. The predicted octanol–water partition coefficient (Wildman–Crippen LogP) is 1.21. The molecule has 1 aromatic carbocycles. The summed E-state index contributed by atoms with van der Waals surface area (Å²) in [7, 11) is 1.58. The molecule has 104 valence electrons. The minimum Gasteiger partial charge on any atom is -0.384 e. The molecular weight excluding hydrogens is 260 g/mol. The van der Waals surface area contributed by atoms with Crippen LogP contribution >= 0.6 is 0 Å². The van der Waals surface area contributed by atoms with Crippen LogP contribution in [0, 0.1) is 21.4 Å². The number of fused-ring (bicyclic) bond motifs is 1. The topological polar surface area (TPSA) is 105 Å². The van der Waals surface area contributed by atoms with Crippen LogP contribution in [0.4, 0.5) is 5.69 Å². The van der Waals surface area contributed by atoms with Gasteiger partial charge in [-0.3, -0.25) is 10.1 Å². The summed E-state index contributed by atoms with van der Waals surface area (Å²) < 4.78 is 5.00. The lowest BCUT2D eigenvalue weighted by molar-refractivity contribution is -0.384. The monoisotopic (exact) mass is 274 g/mol. The lowest BCUT2D eigenvalue weighted by Crippen LogP contribution is -2.34. The van der Waals surface area contributed by atoms with E-state index in [9.17, 15) is 15.4 Å². The number of hydrogen-bond donors (Lipinski definition) is 1. The van der Waals surface area contributed by atoms with E-state index in [1.165, 1.54) is 12.1 Å². The van der Waals surface area contributed by atoms with Crippen LogP contribution < -0.4 is 5.73 Å². The average Bonchev–Trinajstić information content (AvgIpc) is 2.44. The minimum atomic E-state index is -0.451. The number of nitro groups is 1.